The van der Waals surface area contributed by atoms with Crippen LogP contribution in [0.4, 0.5) is 0 Å². The Bertz CT molecular complexity index is 351. The van der Waals surface area contributed by atoms with Crippen molar-refractivity contribution in [1.82, 2.24) is 10.2 Å². The summed E-state index contributed by atoms with van der Waals surface area (Å²) in [6, 6.07) is 12.0. The van der Waals surface area contributed by atoms with Crippen molar-refractivity contribution >= 4 is 0 Å². The Balaban J connectivity index is 1.84. The molecule has 0 spiro atoms. The first kappa shape index (κ1) is 14.5. The fraction of sp³-hybridized carbons (Fsp3) is 0.625. The lowest BCUT2D eigenvalue weighted by Crippen LogP contribution is -2.33. The van der Waals surface area contributed by atoms with Crippen LogP contribution in [0.1, 0.15) is 30.9 Å². The molecule has 1 unspecified atom stereocenters. The summed E-state index contributed by atoms with van der Waals surface area (Å²) in [4.78, 5) is 2.58. The van der Waals surface area contributed by atoms with E-state index in [2.05, 4.69) is 40.5 Å². The van der Waals surface area contributed by atoms with Crippen molar-refractivity contribution in [3.63, 3.8) is 0 Å². The van der Waals surface area contributed by atoms with Crippen LogP contribution in [0, 0.1) is 0 Å². The lowest BCUT2D eigenvalue weighted by molar-refractivity contribution is 0.140. The van der Waals surface area contributed by atoms with Crippen LogP contribution in [0.3, 0.4) is 0 Å². The molecule has 0 bridgehead atoms. The van der Waals surface area contributed by atoms with Gasteiger partial charge < -0.3 is 10.1 Å². The molecule has 0 saturated heterocycles. The Kier molecular flexibility index (Phi) is 5.83. The van der Waals surface area contributed by atoms with E-state index in [0.29, 0.717) is 6.04 Å². The largest absolute Gasteiger partial charge is 0.383 e. The second-order valence-corrected chi connectivity index (χ2v) is 5.30. The molecule has 1 aliphatic rings. The fourth-order valence-corrected chi connectivity index (χ4v) is 2.58. The summed E-state index contributed by atoms with van der Waals surface area (Å²) in [5.41, 5.74) is 1.38. The topological polar surface area (TPSA) is 24.5 Å². The predicted molar refractivity (Wildman–Crippen MR) is 79.3 cm³/mol. The zero-order valence-corrected chi connectivity index (χ0v) is 12.1. The van der Waals surface area contributed by atoms with E-state index < -0.39 is 0 Å². The van der Waals surface area contributed by atoms with Crippen LogP contribution in [0.5, 0.6) is 0 Å². The van der Waals surface area contributed by atoms with Gasteiger partial charge in [0.15, 0.2) is 0 Å². The van der Waals surface area contributed by atoms with Crippen molar-refractivity contribution in [2.24, 2.45) is 0 Å². The smallest absolute Gasteiger partial charge is 0.0589 e. The first-order valence-electron chi connectivity index (χ1n) is 7.30. The fourth-order valence-electron chi connectivity index (χ4n) is 2.58. The van der Waals surface area contributed by atoms with Crippen LogP contribution in [0.25, 0.3) is 0 Å². The monoisotopic (exact) mass is 262 g/mol. The van der Waals surface area contributed by atoms with Gasteiger partial charge >= 0.3 is 0 Å². The van der Waals surface area contributed by atoms with Crippen molar-refractivity contribution in [1.29, 1.82) is 0 Å². The number of benzene rings is 1. The van der Waals surface area contributed by atoms with Gasteiger partial charge in [0.1, 0.15) is 0 Å². The van der Waals surface area contributed by atoms with E-state index in [1.807, 2.05) is 7.05 Å². The average molecular weight is 262 g/mol. The lowest BCUT2D eigenvalue weighted by atomic mass is 10.0. The molecule has 106 valence electrons. The van der Waals surface area contributed by atoms with Gasteiger partial charge in [-0.05, 0) is 31.9 Å². The van der Waals surface area contributed by atoms with E-state index in [-0.39, 0.29) is 0 Å². The Morgan fingerprint density at radius 1 is 1.26 bits per heavy atom. The molecule has 1 atom stereocenters. The number of hydrogen-bond acceptors (Lipinski definition) is 3. The molecular formula is C16H26N2O. The molecule has 1 aliphatic carbocycles. The average Bonchev–Trinajstić information content (AvgIpc) is 3.28. The third-order valence-corrected chi connectivity index (χ3v) is 3.90. The minimum atomic E-state index is 0.449. The van der Waals surface area contributed by atoms with E-state index >= 15 is 0 Å². The number of hydrogen-bond donors (Lipinski definition) is 1. The zero-order valence-electron chi connectivity index (χ0n) is 12.1. The van der Waals surface area contributed by atoms with E-state index in [0.717, 1.165) is 32.2 Å². The van der Waals surface area contributed by atoms with Crippen molar-refractivity contribution in [2.75, 3.05) is 33.9 Å². The Morgan fingerprint density at radius 2 is 2.00 bits per heavy atom. The molecular weight excluding hydrogens is 236 g/mol. The Hall–Kier alpha value is -0.900. The summed E-state index contributed by atoms with van der Waals surface area (Å²) in [5.74, 6) is 0. The number of ether oxygens (including phenoxy) is 1. The van der Waals surface area contributed by atoms with Crippen LogP contribution in [-0.4, -0.2) is 44.8 Å². The van der Waals surface area contributed by atoms with Crippen LogP contribution in [0.2, 0.25) is 0 Å². The van der Waals surface area contributed by atoms with E-state index in [9.17, 15) is 0 Å². The predicted octanol–water partition coefficient (Wildman–Crippen LogP) is 2.45. The normalized spacial score (nSPS) is 16.8. The number of nitrogens with one attached hydrogen (secondary N) is 1. The van der Waals surface area contributed by atoms with Crippen LogP contribution < -0.4 is 5.32 Å². The maximum absolute atomic E-state index is 5.21. The minimum Gasteiger partial charge on any atom is -0.383 e. The van der Waals surface area contributed by atoms with Crippen molar-refractivity contribution in [3.05, 3.63) is 35.9 Å². The molecule has 1 aromatic carbocycles. The molecule has 1 aromatic rings. The van der Waals surface area contributed by atoms with E-state index in [4.69, 9.17) is 4.74 Å². The summed E-state index contributed by atoms with van der Waals surface area (Å²) in [7, 11) is 3.83. The molecule has 1 saturated carbocycles. The van der Waals surface area contributed by atoms with Gasteiger partial charge in [-0.3, -0.25) is 4.90 Å². The van der Waals surface area contributed by atoms with E-state index in [1.165, 1.54) is 18.4 Å². The lowest BCUT2D eigenvalue weighted by Gasteiger charge is -2.25. The standard InChI is InChI=1S/C16H26N2O/c1-17-16(14-6-4-3-5-7-14)10-11-18(12-13-19-2)15-8-9-15/h3-7,15-17H,8-13H2,1-2H3. The summed E-state index contributed by atoms with van der Waals surface area (Å²) >= 11 is 0. The van der Waals surface area contributed by atoms with Gasteiger partial charge in [-0.2, -0.15) is 0 Å². The summed E-state index contributed by atoms with van der Waals surface area (Å²) < 4.78 is 5.21. The number of nitrogens with zero attached hydrogens (tertiary/aromatic N) is 1. The van der Waals surface area contributed by atoms with Gasteiger partial charge in [0.05, 0.1) is 6.61 Å². The number of rotatable bonds is 9. The van der Waals surface area contributed by atoms with Crippen LogP contribution in [-0.2, 0) is 4.74 Å². The maximum atomic E-state index is 5.21. The van der Waals surface area contributed by atoms with Gasteiger partial charge in [-0.1, -0.05) is 30.3 Å². The van der Waals surface area contributed by atoms with Crippen LogP contribution >= 0.6 is 0 Å². The van der Waals surface area contributed by atoms with Gasteiger partial charge in [0.2, 0.25) is 0 Å². The zero-order chi connectivity index (χ0) is 13.5. The van der Waals surface area contributed by atoms with Gasteiger partial charge in [-0.25, -0.2) is 0 Å². The minimum absolute atomic E-state index is 0.449. The molecule has 0 aromatic heterocycles. The molecule has 1 fully saturated rings. The molecule has 0 aliphatic heterocycles. The van der Waals surface area contributed by atoms with Gasteiger partial charge in [0.25, 0.3) is 0 Å². The molecule has 0 amide bonds. The Morgan fingerprint density at radius 3 is 2.58 bits per heavy atom. The maximum Gasteiger partial charge on any atom is 0.0589 e. The second kappa shape index (κ2) is 7.63. The Labute approximate surface area is 116 Å². The highest BCUT2D eigenvalue weighted by molar-refractivity contribution is 5.18. The molecule has 0 heterocycles. The first-order chi connectivity index (χ1) is 9.35. The quantitative estimate of drug-likeness (QED) is 0.740. The molecule has 3 nitrogen and oxygen atoms in total. The third kappa shape index (κ3) is 4.60. The molecule has 0 radical (unpaired) electrons. The van der Waals surface area contributed by atoms with Gasteiger partial charge in [0, 0.05) is 32.3 Å². The van der Waals surface area contributed by atoms with Crippen molar-refractivity contribution < 1.29 is 4.74 Å². The number of methoxy groups -OCH3 is 1. The van der Waals surface area contributed by atoms with Crippen molar-refractivity contribution in [2.45, 2.75) is 31.3 Å². The highest BCUT2D eigenvalue weighted by atomic mass is 16.5. The molecule has 3 heteroatoms. The molecule has 1 N–H and O–H groups in total. The van der Waals surface area contributed by atoms with Gasteiger partial charge in [-0.15, -0.1) is 0 Å². The first-order valence-corrected chi connectivity index (χ1v) is 7.30. The molecule has 19 heavy (non-hydrogen) atoms. The third-order valence-electron chi connectivity index (χ3n) is 3.90. The highest BCUT2D eigenvalue weighted by Crippen LogP contribution is 2.27. The van der Waals surface area contributed by atoms with Crippen molar-refractivity contribution in [3.8, 4) is 0 Å². The highest BCUT2D eigenvalue weighted by Gasteiger charge is 2.28. The van der Waals surface area contributed by atoms with Crippen LogP contribution in [0.15, 0.2) is 30.3 Å². The van der Waals surface area contributed by atoms with E-state index in [1.54, 1.807) is 7.11 Å². The second-order valence-electron chi connectivity index (χ2n) is 5.30. The summed E-state index contributed by atoms with van der Waals surface area (Å²) in [6.45, 7) is 3.05. The summed E-state index contributed by atoms with van der Waals surface area (Å²) in [5, 5.41) is 3.43. The molecule has 2 rings (SSSR count). The summed E-state index contributed by atoms with van der Waals surface area (Å²) in [6.07, 6.45) is 3.87. The SMILES string of the molecule is CNC(CCN(CCOC)C1CC1)c1ccccc1.